The van der Waals surface area contributed by atoms with Gasteiger partial charge in [-0.2, -0.15) is 0 Å². The zero-order chi connectivity index (χ0) is 13.2. The van der Waals surface area contributed by atoms with Crippen molar-refractivity contribution in [2.75, 3.05) is 0 Å². The van der Waals surface area contributed by atoms with Crippen LogP contribution in [-0.2, 0) is 6.42 Å². The van der Waals surface area contributed by atoms with Crippen molar-refractivity contribution in [2.24, 2.45) is 5.73 Å². The van der Waals surface area contributed by atoms with Gasteiger partial charge in [0.15, 0.2) is 0 Å². The average Bonchev–Trinajstić information content (AvgIpc) is 2.46. The van der Waals surface area contributed by atoms with Crippen LogP contribution < -0.4 is 5.73 Å². The third-order valence-electron chi connectivity index (χ3n) is 4.01. The van der Waals surface area contributed by atoms with E-state index in [0.717, 1.165) is 19.3 Å². The number of fused-ring (bicyclic) bond motifs is 1. The highest BCUT2D eigenvalue weighted by atomic mass is 19.1. The Morgan fingerprint density at radius 1 is 1.26 bits per heavy atom. The molecule has 1 heterocycles. The Morgan fingerprint density at radius 3 is 2.95 bits per heavy atom. The van der Waals surface area contributed by atoms with E-state index < -0.39 is 0 Å². The van der Waals surface area contributed by atoms with Gasteiger partial charge in [-0.1, -0.05) is 24.3 Å². The molecule has 0 fully saturated rings. The molecule has 0 spiro atoms. The van der Waals surface area contributed by atoms with Gasteiger partial charge in [0, 0.05) is 23.7 Å². The van der Waals surface area contributed by atoms with Crippen molar-refractivity contribution in [1.29, 1.82) is 0 Å². The molecular weight excluding hydrogens is 239 g/mol. The lowest BCUT2D eigenvalue weighted by Gasteiger charge is -2.30. The minimum Gasteiger partial charge on any atom is -0.323 e. The van der Waals surface area contributed by atoms with Crippen LogP contribution in [0.3, 0.4) is 0 Å². The summed E-state index contributed by atoms with van der Waals surface area (Å²) in [6.07, 6.45) is 6.07. The highest BCUT2D eigenvalue weighted by Crippen LogP contribution is 2.39. The Balaban J connectivity index is 1.98. The molecule has 3 rings (SSSR count). The van der Waals surface area contributed by atoms with Crippen LogP contribution in [0, 0.1) is 5.82 Å². The molecule has 2 N–H and O–H groups in total. The molecule has 2 unspecified atom stereocenters. The van der Waals surface area contributed by atoms with Crippen LogP contribution in [-0.4, -0.2) is 4.98 Å². The molecular formula is C16H17FN2. The van der Waals surface area contributed by atoms with Crippen molar-refractivity contribution in [3.63, 3.8) is 0 Å². The van der Waals surface area contributed by atoms with E-state index in [4.69, 9.17) is 5.73 Å². The number of pyridine rings is 1. The zero-order valence-electron chi connectivity index (χ0n) is 10.7. The van der Waals surface area contributed by atoms with Crippen LogP contribution in [0.25, 0.3) is 0 Å². The smallest absolute Gasteiger partial charge is 0.146 e. The monoisotopic (exact) mass is 256 g/mol. The van der Waals surface area contributed by atoms with Gasteiger partial charge in [-0.15, -0.1) is 0 Å². The highest BCUT2D eigenvalue weighted by molar-refractivity contribution is 5.36. The van der Waals surface area contributed by atoms with E-state index in [-0.39, 0.29) is 17.8 Å². The van der Waals surface area contributed by atoms with Gasteiger partial charge < -0.3 is 5.73 Å². The topological polar surface area (TPSA) is 38.9 Å². The summed E-state index contributed by atoms with van der Waals surface area (Å²) in [7, 11) is 0. The van der Waals surface area contributed by atoms with Crippen LogP contribution in [0.2, 0.25) is 0 Å². The summed E-state index contributed by atoms with van der Waals surface area (Å²) in [5.41, 5.74) is 9.51. The number of nitrogens with zero attached hydrogens (tertiary/aromatic N) is 1. The molecule has 0 amide bonds. The van der Waals surface area contributed by atoms with E-state index in [1.807, 2.05) is 6.07 Å². The number of hydrogen-bond acceptors (Lipinski definition) is 2. The molecule has 19 heavy (non-hydrogen) atoms. The van der Waals surface area contributed by atoms with Crippen LogP contribution in [0.5, 0.6) is 0 Å². The Hall–Kier alpha value is -1.74. The standard InChI is InChI=1S/C16H17FN2/c17-15-10-19-9-8-14(15)16(18)13-7-3-5-11-4-1-2-6-12(11)13/h1-2,4,6,8-10,13,16H,3,5,7,18H2. The van der Waals surface area contributed by atoms with Gasteiger partial charge in [-0.25, -0.2) is 4.39 Å². The molecule has 0 saturated heterocycles. The summed E-state index contributed by atoms with van der Waals surface area (Å²) in [4.78, 5) is 3.79. The molecule has 2 aromatic rings. The van der Waals surface area contributed by atoms with E-state index in [1.165, 1.54) is 17.3 Å². The summed E-state index contributed by atoms with van der Waals surface area (Å²) in [5.74, 6) is -0.111. The second-order valence-corrected chi connectivity index (χ2v) is 5.12. The molecule has 0 aliphatic heterocycles. The first kappa shape index (κ1) is 12.3. The molecule has 2 atom stereocenters. The lowest BCUT2D eigenvalue weighted by Crippen LogP contribution is -2.24. The Kier molecular flexibility index (Phi) is 3.30. The number of rotatable bonds is 2. The Morgan fingerprint density at radius 2 is 2.11 bits per heavy atom. The lowest BCUT2D eigenvalue weighted by atomic mass is 9.77. The van der Waals surface area contributed by atoms with E-state index in [1.54, 1.807) is 12.3 Å². The van der Waals surface area contributed by atoms with Crippen LogP contribution in [0.1, 0.15) is 41.5 Å². The second kappa shape index (κ2) is 5.10. The van der Waals surface area contributed by atoms with Gasteiger partial charge in [-0.05, 0) is 36.5 Å². The van der Waals surface area contributed by atoms with Crippen molar-refractivity contribution >= 4 is 0 Å². The van der Waals surface area contributed by atoms with Crippen molar-refractivity contribution < 1.29 is 4.39 Å². The van der Waals surface area contributed by atoms with Gasteiger partial charge in [0.25, 0.3) is 0 Å². The highest BCUT2D eigenvalue weighted by Gasteiger charge is 2.27. The summed E-state index contributed by atoms with van der Waals surface area (Å²) in [6, 6.07) is 9.75. The van der Waals surface area contributed by atoms with Crippen LogP contribution >= 0.6 is 0 Å². The number of aromatic nitrogens is 1. The first-order valence-corrected chi connectivity index (χ1v) is 6.70. The normalized spacial score (nSPS) is 19.8. The van der Waals surface area contributed by atoms with Crippen molar-refractivity contribution in [3.8, 4) is 0 Å². The van der Waals surface area contributed by atoms with E-state index in [9.17, 15) is 4.39 Å². The molecule has 1 aromatic carbocycles. The lowest BCUT2D eigenvalue weighted by molar-refractivity contribution is 0.457. The van der Waals surface area contributed by atoms with Gasteiger partial charge in [0.1, 0.15) is 5.82 Å². The molecule has 98 valence electrons. The fourth-order valence-electron chi connectivity index (χ4n) is 3.04. The molecule has 1 aromatic heterocycles. The number of nitrogens with two attached hydrogens (primary N) is 1. The first-order valence-electron chi connectivity index (χ1n) is 6.70. The maximum Gasteiger partial charge on any atom is 0.146 e. The number of aryl methyl sites for hydroxylation is 1. The quantitative estimate of drug-likeness (QED) is 0.895. The SMILES string of the molecule is NC(c1ccncc1F)C1CCCc2ccccc21. The zero-order valence-corrected chi connectivity index (χ0v) is 10.7. The van der Waals surface area contributed by atoms with E-state index >= 15 is 0 Å². The average molecular weight is 256 g/mol. The number of benzene rings is 1. The Bertz CT molecular complexity index is 582. The van der Waals surface area contributed by atoms with Crippen LogP contribution in [0.4, 0.5) is 4.39 Å². The first-order chi connectivity index (χ1) is 9.27. The molecule has 0 radical (unpaired) electrons. The van der Waals surface area contributed by atoms with Crippen molar-refractivity contribution in [2.45, 2.75) is 31.2 Å². The van der Waals surface area contributed by atoms with Gasteiger partial charge in [0.2, 0.25) is 0 Å². The van der Waals surface area contributed by atoms with Gasteiger partial charge >= 0.3 is 0 Å². The molecule has 0 bridgehead atoms. The fraction of sp³-hybridized carbons (Fsp3) is 0.312. The molecule has 1 aliphatic rings. The second-order valence-electron chi connectivity index (χ2n) is 5.12. The van der Waals surface area contributed by atoms with Gasteiger partial charge in [0.05, 0.1) is 6.20 Å². The Labute approximate surface area is 112 Å². The van der Waals surface area contributed by atoms with Crippen molar-refractivity contribution in [3.05, 3.63) is 65.2 Å². The maximum absolute atomic E-state index is 13.8. The maximum atomic E-state index is 13.8. The number of hydrogen-bond donors (Lipinski definition) is 1. The van der Waals surface area contributed by atoms with E-state index in [0.29, 0.717) is 5.56 Å². The summed E-state index contributed by atoms with van der Waals surface area (Å²) in [5, 5.41) is 0. The minimum absolute atomic E-state index is 0.196. The summed E-state index contributed by atoms with van der Waals surface area (Å²) >= 11 is 0. The fourth-order valence-corrected chi connectivity index (χ4v) is 3.04. The molecule has 0 saturated carbocycles. The predicted octanol–water partition coefficient (Wildman–Crippen LogP) is 3.34. The predicted molar refractivity (Wildman–Crippen MR) is 73.2 cm³/mol. The number of halogens is 1. The van der Waals surface area contributed by atoms with Crippen LogP contribution in [0.15, 0.2) is 42.7 Å². The summed E-state index contributed by atoms with van der Waals surface area (Å²) in [6.45, 7) is 0. The third-order valence-corrected chi connectivity index (χ3v) is 4.01. The summed E-state index contributed by atoms with van der Waals surface area (Å²) < 4.78 is 13.8. The largest absolute Gasteiger partial charge is 0.323 e. The van der Waals surface area contributed by atoms with Crippen molar-refractivity contribution in [1.82, 2.24) is 4.98 Å². The third kappa shape index (κ3) is 2.26. The molecule has 2 nitrogen and oxygen atoms in total. The minimum atomic E-state index is -0.307. The molecule has 3 heteroatoms. The van der Waals surface area contributed by atoms with Gasteiger partial charge in [-0.3, -0.25) is 4.98 Å². The molecule has 1 aliphatic carbocycles. The van der Waals surface area contributed by atoms with E-state index in [2.05, 4.69) is 23.2 Å².